The molecular weight excluding hydrogens is 92.1 g/mol. The number of hydrogen-bond acceptors (Lipinski definition) is 3. The van der Waals surface area contributed by atoms with Crippen molar-refractivity contribution in [2.24, 2.45) is 9.66 Å². The summed E-state index contributed by atoms with van der Waals surface area (Å²) in [5, 5.41) is 11.7. The highest BCUT2D eigenvalue weighted by atomic mass is 32.2. The average molecular weight is 95.1 g/mol. The summed E-state index contributed by atoms with van der Waals surface area (Å²) in [6.07, 6.45) is 0. The van der Waals surface area contributed by atoms with E-state index in [2.05, 4.69) is 9.66 Å². The second-order valence-electron chi connectivity index (χ2n) is 0.358. The molecule has 0 saturated carbocycles. The molecule has 0 aromatic carbocycles. The van der Waals surface area contributed by atoms with Gasteiger partial charge < -0.3 is 9.35 Å². The van der Waals surface area contributed by atoms with Crippen molar-refractivity contribution in [3.8, 4) is 0 Å². The van der Waals surface area contributed by atoms with E-state index in [0.29, 0.717) is 0 Å². The van der Waals surface area contributed by atoms with Crippen LogP contribution < -0.4 is 5.14 Å². The lowest BCUT2D eigenvalue weighted by atomic mass is 13.6. The molecule has 5 heteroatoms. The van der Waals surface area contributed by atoms with Gasteiger partial charge in [0.15, 0.2) is 0 Å². The highest BCUT2D eigenvalue weighted by Gasteiger charge is 1.32. The van der Waals surface area contributed by atoms with Gasteiger partial charge in [0, 0.05) is 0 Å². The predicted molar refractivity (Wildman–Crippen MR) is 16.5 cm³/mol. The first-order valence-corrected chi connectivity index (χ1v) is 1.95. The molecule has 0 fully saturated rings. The van der Waals surface area contributed by atoms with E-state index in [1.807, 2.05) is 0 Å². The van der Waals surface area contributed by atoms with Crippen LogP contribution in [-0.2, 0) is 15.0 Å². The summed E-state index contributed by atoms with van der Waals surface area (Å²) in [5.41, 5.74) is 0. The van der Waals surface area contributed by atoms with E-state index >= 15 is 0 Å². The van der Waals surface area contributed by atoms with E-state index in [-0.39, 0.29) is 0 Å². The normalized spacial score (nSPS) is 15.6. The molecule has 0 aromatic heterocycles. The fourth-order valence-corrected chi connectivity index (χ4v) is 0. The van der Waals surface area contributed by atoms with Crippen LogP contribution in [0.3, 0.4) is 0 Å². The van der Waals surface area contributed by atoms with Crippen molar-refractivity contribution in [1.29, 1.82) is 0 Å². The Morgan fingerprint density at radius 3 is 2.20 bits per heavy atom. The van der Waals surface area contributed by atoms with Gasteiger partial charge in [-0.3, -0.25) is 5.21 Å². The fourth-order valence-electron chi connectivity index (χ4n) is 0. The van der Waals surface area contributed by atoms with Crippen LogP contribution in [0.15, 0.2) is 4.53 Å². The molecule has 0 aliphatic rings. The minimum atomic E-state index is -1.89. The largest absolute Gasteiger partial charge is 0.428 e. The lowest BCUT2D eigenvalue weighted by Gasteiger charge is -1.77. The summed E-state index contributed by atoms with van der Waals surface area (Å²) in [5.74, 6) is 0. The van der Waals surface area contributed by atoms with Crippen LogP contribution >= 0.6 is 0 Å². The van der Waals surface area contributed by atoms with Gasteiger partial charge in [-0.05, 0) is 0 Å². The van der Waals surface area contributed by atoms with Crippen molar-refractivity contribution in [1.82, 2.24) is 0 Å². The molecule has 0 aromatic rings. The van der Waals surface area contributed by atoms with Crippen molar-refractivity contribution in [3.63, 3.8) is 0 Å². The maximum atomic E-state index is 9.28. The van der Waals surface area contributed by atoms with Gasteiger partial charge in [-0.1, -0.05) is 10.8 Å². The molecule has 32 valence electrons. The zero-order chi connectivity index (χ0) is 4.28. The predicted octanol–water partition coefficient (Wildman–Crippen LogP) is -0.603. The molecule has 0 bridgehead atoms. The Morgan fingerprint density at radius 1 is 2.00 bits per heavy atom. The molecular formula is H3N2O2S-. The maximum Gasteiger partial charge on any atom is -0.0967 e. The van der Waals surface area contributed by atoms with Crippen LogP contribution in [0.1, 0.15) is 0 Å². The minimum absolute atomic E-state index is 1.89. The zero-order valence-corrected chi connectivity index (χ0v) is 3.10. The van der Waals surface area contributed by atoms with Gasteiger partial charge in [0.25, 0.3) is 0 Å². The van der Waals surface area contributed by atoms with Crippen molar-refractivity contribution < 1.29 is 9.42 Å². The third-order valence-corrected chi connectivity index (χ3v) is 0.241. The SMILES string of the molecule is N[S-](=O)=NO. The summed E-state index contributed by atoms with van der Waals surface area (Å²) >= 11 is 0. The summed E-state index contributed by atoms with van der Waals surface area (Å²) in [7, 11) is -1.89. The van der Waals surface area contributed by atoms with Gasteiger partial charge in [0.1, 0.15) is 0 Å². The highest BCUT2D eigenvalue weighted by molar-refractivity contribution is 7.72. The zero-order valence-electron chi connectivity index (χ0n) is 2.29. The summed E-state index contributed by atoms with van der Waals surface area (Å²) in [6.45, 7) is 0. The molecule has 4 nitrogen and oxygen atoms in total. The monoisotopic (exact) mass is 95.0 g/mol. The third kappa shape index (κ3) is 3.87. The van der Waals surface area contributed by atoms with Gasteiger partial charge in [-0.25, -0.2) is 4.53 Å². The van der Waals surface area contributed by atoms with Crippen molar-refractivity contribution in [2.45, 2.75) is 0 Å². The van der Waals surface area contributed by atoms with Crippen molar-refractivity contribution in [3.05, 3.63) is 0 Å². The molecule has 0 aliphatic carbocycles. The van der Waals surface area contributed by atoms with E-state index < -0.39 is 10.8 Å². The van der Waals surface area contributed by atoms with Gasteiger partial charge in [0.05, 0.1) is 0 Å². The molecule has 5 heavy (non-hydrogen) atoms. The van der Waals surface area contributed by atoms with Gasteiger partial charge in [-0.2, -0.15) is 0 Å². The van der Waals surface area contributed by atoms with Gasteiger partial charge in [0.2, 0.25) is 0 Å². The number of nitrogens with zero attached hydrogens (tertiary/aromatic N) is 1. The topological polar surface area (TPSA) is 75.7 Å². The standard InChI is InChI=1S/H3N2O2S/c1-5(4)2-3/h3H,(H2,1,2,4)/q-1. The maximum absolute atomic E-state index is 9.28. The van der Waals surface area contributed by atoms with Crippen LogP contribution in [0.4, 0.5) is 0 Å². The Hall–Kier alpha value is -0.130. The van der Waals surface area contributed by atoms with Gasteiger partial charge in [-0.15, -0.1) is 0 Å². The molecule has 0 unspecified atom stereocenters. The van der Waals surface area contributed by atoms with Gasteiger partial charge >= 0.3 is 0 Å². The Labute approximate surface area is 30.9 Å². The minimum Gasteiger partial charge on any atom is -0.428 e. The molecule has 0 radical (unpaired) electrons. The first-order valence-electron chi connectivity index (χ1n) is 0.785. The van der Waals surface area contributed by atoms with E-state index in [9.17, 15) is 4.21 Å². The average Bonchev–Trinajstić information content (AvgIpc) is 1.38. The third-order valence-electron chi connectivity index (χ3n) is 0.0805. The van der Waals surface area contributed by atoms with E-state index in [0.717, 1.165) is 0 Å². The lowest BCUT2D eigenvalue weighted by Crippen LogP contribution is -1.85. The molecule has 0 heterocycles. The first kappa shape index (κ1) is 4.87. The Morgan fingerprint density at radius 2 is 2.20 bits per heavy atom. The fraction of sp³-hybridized carbons (Fsp3) is 0. The quantitative estimate of drug-likeness (QED) is 0.311. The Bertz CT molecular complexity index is 79.6. The molecule has 0 spiro atoms. The summed E-state index contributed by atoms with van der Waals surface area (Å²) in [4.78, 5) is 0. The van der Waals surface area contributed by atoms with Crippen LogP contribution in [0.25, 0.3) is 0 Å². The smallest absolute Gasteiger partial charge is 0.0967 e. The second kappa shape index (κ2) is 2.13. The second-order valence-corrected chi connectivity index (χ2v) is 1.07. The molecule has 0 amide bonds. The molecule has 0 saturated heterocycles. The number of hydrogen-bond donors (Lipinski definition) is 2. The van der Waals surface area contributed by atoms with Crippen molar-refractivity contribution >= 4 is 10.8 Å². The van der Waals surface area contributed by atoms with Crippen LogP contribution in [0.2, 0.25) is 0 Å². The van der Waals surface area contributed by atoms with Crippen LogP contribution in [-0.4, -0.2) is 5.21 Å². The number of nitrogens with two attached hydrogens (primary N) is 1. The van der Waals surface area contributed by atoms with Crippen LogP contribution in [0.5, 0.6) is 0 Å². The summed E-state index contributed by atoms with van der Waals surface area (Å²) < 4.78 is 11.4. The Kier molecular flexibility index (Phi) is 2.07. The first-order chi connectivity index (χ1) is 2.27. The van der Waals surface area contributed by atoms with E-state index in [1.165, 1.54) is 0 Å². The highest BCUT2D eigenvalue weighted by Crippen LogP contribution is 1.45. The van der Waals surface area contributed by atoms with Crippen LogP contribution in [0, 0.1) is 0 Å². The van der Waals surface area contributed by atoms with Crippen molar-refractivity contribution in [2.75, 3.05) is 0 Å². The lowest BCUT2D eigenvalue weighted by molar-refractivity contribution is 0.325. The molecule has 0 atom stereocenters. The Balaban J connectivity index is 3.62. The van der Waals surface area contributed by atoms with E-state index in [1.54, 1.807) is 0 Å². The summed E-state index contributed by atoms with van der Waals surface area (Å²) in [6, 6.07) is 0. The number of rotatable bonds is 0. The van der Waals surface area contributed by atoms with E-state index in [4.69, 9.17) is 5.21 Å². The molecule has 0 rings (SSSR count). The molecule has 0 aliphatic heterocycles. The molecule has 3 N–H and O–H groups in total.